The molecule has 5 nitrogen and oxygen atoms in total. The third-order valence-electron chi connectivity index (χ3n) is 1.97. The molecule has 0 atom stereocenters. The summed E-state index contributed by atoms with van der Waals surface area (Å²) in [5, 5.41) is 0. The van der Waals surface area contributed by atoms with Crippen molar-refractivity contribution in [3.8, 4) is 0 Å². The van der Waals surface area contributed by atoms with Gasteiger partial charge in [0.25, 0.3) is 0 Å². The number of benzene rings is 1. The van der Waals surface area contributed by atoms with Gasteiger partial charge in [0.05, 0.1) is 0 Å². The molecule has 0 aromatic heterocycles. The molecule has 0 aliphatic carbocycles. The number of hydrogen-bond acceptors (Lipinski definition) is 0. The van der Waals surface area contributed by atoms with Gasteiger partial charge in [0.15, 0.2) is 0 Å². The molecule has 1 aliphatic rings. The Balaban J connectivity index is -0.0000000852. The van der Waals surface area contributed by atoms with Crippen molar-refractivity contribution in [1.29, 1.82) is 0 Å². The predicted octanol–water partition coefficient (Wildman–Crippen LogP) is 3.56. The number of fused-ring (bicyclic) bond motifs is 1. The summed E-state index contributed by atoms with van der Waals surface area (Å²) >= 11 is 0. The van der Waals surface area contributed by atoms with E-state index in [4.69, 9.17) is 23.3 Å². The van der Waals surface area contributed by atoms with Crippen LogP contribution in [0.4, 0.5) is 0 Å². The Morgan fingerprint density at radius 2 is 0.913 bits per heavy atom. The minimum absolute atomic E-state index is 0. The van der Waals surface area contributed by atoms with Crippen molar-refractivity contribution < 1.29 is 40.6 Å². The van der Waals surface area contributed by atoms with E-state index in [1.807, 2.05) is 0 Å². The first kappa shape index (κ1) is 33.1. The van der Waals surface area contributed by atoms with Gasteiger partial charge >= 0.3 is 56.5 Å². The molecule has 0 amide bonds. The van der Waals surface area contributed by atoms with E-state index >= 15 is 0 Å². The Kier molecular flexibility index (Phi) is 46.5. The van der Waals surface area contributed by atoms with Crippen LogP contribution in [0.2, 0.25) is 0 Å². The second kappa shape index (κ2) is 32.3. The van der Waals surface area contributed by atoms with Crippen LogP contribution in [0.1, 0.15) is 11.1 Å². The van der Waals surface area contributed by atoms with Gasteiger partial charge in [0.2, 0.25) is 0 Å². The molecule has 7 heteroatoms. The molecule has 1 aliphatic heterocycles. The summed E-state index contributed by atoms with van der Waals surface area (Å²) < 4.78 is 37.5. The van der Waals surface area contributed by atoms with Gasteiger partial charge in [0, 0.05) is 17.4 Å². The largest absolute Gasteiger partial charge is 0 e. The van der Waals surface area contributed by atoms with Gasteiger partial charge in [-0.15, -0.1) is 0 Å². The maximum absolute atomic E-state index is 7.50. The van der Waals surface area contributed by atoms with Crippen LogP contribution in [0.3, 0.4) is 0 Å². The van der Waals surface area contributed by atoms with E-state index in [0.717, 1.165) is 0 Å². The van der Waals surface area contributed by atoms with Crippen molar-refractivity contribution in [1.82, 2.24) is 0 Å². The molecule has 0 N–H and O–H groups in total. The molecule has 2 rings (SSSR count). The SMILES string of the molecule is CP1C=Cc2ccccc2C=C1.[C-]#[O+].[C-]#[O+].[C-]#[O+].[C-]#[O+].[C-]#[O+].[Cr]. The molecule has 0 spiro atoms. The third kappa shape index (κ3) is 18.3. The van der Waals surface area contributed by atoms with Crippen molar-refractivity contribution in [2.75, 3.05) is 6.66 Å². The van der Waals surface area contributed by atoms with Gasteiger partial charge in [-0.05, 0) is 17.8 Å². The van der Waals surface area contributed by atoms with Crippen molar-refractivity contribution in [2.45, 2.75) is 0 Å². The molecule has 23 heavy (non-hydrogen) atoms. The van der Waals surface area contributed by atoms with Gasteiger partial charge in [-0.25, -0.2) is 0 Å². The summed E-state index contributed by atoms with van der Waals surface area (Å²) in [6.07, 6.45) is 4.45. The molecule has 0 saturated carbocycles. The monoisotopic (exact) mass is 366 g/mol. The van der Waals surface area contributed by atoms with Crippen LogP contribution in [0, 0.1) is 33.3 Å². The molecular formula is C16H11CrO5P. The molecule has 1 aromatic carbocycles. The summed E-state index contributed by atoms with van der Waals surface area (Å²) in [6.45, 7) is 24.8. The normalized spacial score (nSPS) is 8.65. The van der Waals surface area contributed by atoms with E-state index in [9.17, 15) is 0 Å². The van der Waals surface area contributed by atoms with Gasteiger partial charge < -0.3 is 0 Å². The Hall–Kier alpha value is -1.64. The van der Waals surface area contributed by atoms with Gasteiger partial charge in [-0.2, -0.15) is 0 Å². The average Bonchev–Trinajstić information content (AvgIpc) is 2.86. The van der Waals surface area contributed by atoms with Gasteiger partial charge in [-0.3, -0.25) is 0 Å². The molecule has 0 fully saturated rings. The molecule has 1 aromatic rings. The van der Waals surface area contributed by atoms with Crippen LogP contribution in [0.25, 0.3) is 12.2 Å². The zero-order chi connectivity index (χ0) is 18.4. The third-order valence-corrected chi connectivity index (χ3v) is 3.21. The van der Waals surface area contributed by atoms with Crippen molar-refractivity contribution in [3.05, 3.63) is 80.3 Å². The molecule has 0 unspecified atom stereocenters. The Morgan fingerprint density at radius 3 is 1.17 bits per heavy atom. The number of hydrogen-bond donors (Lipinski definition) is 0. The fourth-order valence-corrected chi connectivity index (χ4v) is 2.15. The maximum atomic E-state index is 7.50. The van der Waals surface area contributed by atoms with Gasteiger partial charge in [0.1, 0.15) is 0 Å². The van der Waals surface area contributed by atoms with Crippen molar-refractivity contribution in [2.24, 2.45) is 0 Å². The number of rotatable bonds is 0. The summed E-state index contributed by atoms with van der Waals surface area (Å²) in [5.41, 5.74) is 2.67. The Labute approximate surface area is 148 Å². The first-order valence-corrected chi connectivity index (χ1v) is 6.98. The smallest absolute Gasteiger partial charge is 0 e. The maximum Gasteiger partial charge on any atom is 0 e. The second-order valence-electron chi connectivity index (χ2n) is 2.93. The van der Waals surface area contributed by atoms with E-state index in [-0.39, 0.29) is 25.3 Å². The minimum atomic E-state index is -0.0257. The standard InChI is InChI=1S/C11H11P.5CO.Cr/c1-12-8-6-10-4-2-3-5-11(10)7-9-12;5*1-2;/h2-9H,1H3;;;;;;. The quantitative estimate of drug-likeness (QED) is 0.381. The fourth-order valence-electron chi connectivity index (χ4n) is 1.26. The summed E-state index contributed by atoms with van der Waals surface area (Å²) in [7, 11) is -0.0257. The van der Waals surface area contributed by atoms with E-state index in [1.54, 1.807) is 0 Å². The fraction of sp³-hybridized carbons (Fsp3) is 0.0625. The molecule has 0 radical (unpaired) electrons. The molecule has 0 saturated heterocycles. The first-order chi connectivity index (χ1) is 10.9. The molecule has 116 valence electrons. The zero-order valence-corrected chi connectivity index (χ0v) is 14.2. The van der Waals surface area contributed by atoms with Crippen LogP contribution in [0.5, 0.6) is 0 Å². The second-order valence-corrected chi connectivity index (χ2v) is 4.85. The van der Waals surface area contributed by atoms with E-state index in [2.05, 4.69) is 88.0 Å². The molecule has 1 heterocycles. The Bertz CT molecular complexity index is 474. The van der Waals surface area contributed by atoms with Crippen LogP contribution in [-0.2, 0) is 40.6 Å². The average molecular weight is 366 g/mol. The van der Waals surface area contributed by atoms with Crippen LogP contribution < -0.4 is 0 Å². The summed E-state index contributed by atoms with van der Waals surface area (Å²) in [6, 6.07) is 8.48. The van der Waals surface area contributed by atoms with E-state index in [0.29, 0.717) is 0 Å². The topological polar surface area (TPSA) is 99.5 Å². The van der Waals surface area contributed by atoms with Crippen molar-refractivity contribution in [3.63, 3.8) is 0 Å². The van der Waals surface area contributed by atoms with Gasteiger partial charge in [-0.1, -0.05) is 56.0 Å². The van der Waals surface area contributed by atoms with E-state index < -0.39 is 0 Å². The Morgan fingerprint density at radius 1 is 0.652 bits per heavy atom. The van der Waals surface area contributed by atoms with Crippen molar-refractivity contribution >= 4 is 20.1 Å². The molecular weight excluding hydrogens is 355 g/mol. The van der Waals surface area contributed by atoms with Crippen LogP contribution in [0.15, 0.2) is 35.9 Å². The molecule has 0 bridgehead atoms. The minimum Gasteiger partial charge on any atom is 0 e. The first-order valence-electron chi connectivity index (χ1n) is 5.06. The zero-order valence-electron chi connectivity index (χ0n) is 12.0. The summed E-state index contributed by atoms with van der Waals surface area (Å²) in [5.74, 6) is 4.58. The summed E-state index contributed by atoms with van der Waals surface area (Å²) in [4.78, 5) is 0. The van der Waals surface area contributed by atoms with E-state index in [1.165, 1.54) is 11.1 Å². The van der Waals surface area contributed by atoms with Crippen LogP contribution in [-0.4, -0.2) is 6.66 Å². The predicted molar refractivity (Wildman–Crippen MR) is 77.0 cm³/mol. The van der Waals surface area contributed by atoms with Crippen LogP contribution >= 0.6 is 7.92 Å².